The van der Waals surface area contributed by atoms with Gasteiger partial charge in [0.05, 0.1) is 46.0 Å². The molecule has 0 heterocycles. The van der Waals surface area contributed by atoms with Crippen molar-refractivity contribution in [2.24, 2.45) is 0 Å². The Kier molecular flexibility index (Phi) is 29.7. The number of carbonyl (C=O) groups is 4. The van der Waals surface area contributed by atoms with E-state index in [0.717, 1.165) is 33.3 Å². The monoisotopic (exact) mass is 1460 g/mol. The number of benzene rings is 8. The Labute approximate surface area is 564 Å². The molecule has 8 N–H and O–H groups in total. The third-order valence-electron chi connectivity index (χ3n) is 13.4. The summed E-state index contributed by atoms with van der Waals surface area (Å²) in [5, 5.41) is 46.1. The number of rotatable bonds is 24. The van der Waals surface area contributed by atoms with Crippen molar-refractivity contribution in [3.05, 3.63) is 238 Å². The zero-order chi connectivity index (χ0) is 71.0. The first-order valence-electron chi connectivity index (χ1n) is 28.7. The predicted molar refractivity (Wildman–Crippen MR) is 363 cm³/mol. The fraction of sp³-hybridized carbons (Fsp3) is 0.200. The maximum absolute atomic E-state index is 13.1. The number of likely N-dealkylation sites (N-methyl/N-ethyl adjacent to an activating group) is 4. The molecule has 0 radical (unpaired) electrons. The first-order valence-corrected chi connectivity index (χ1v) is 35.2. The molecule has 0 aromatic heterocycles. The van der Waals surface area contributed by atoms with Gasteiger partial charge in [0.15, 0.2) is 0 Å². The van der Waals surface area contributed by atoms with E-state index in [1.807, 2.05) is 31.2 Å². The van der Waals surface area contributed by atoms with Crippen molar-refractivity contribution >= 4 is 102 Å². The van der Waals surface area contributed by atoms with E-state index in [2.05, 4.69) is 37.2 Å². The number of nitrogens with zero attached hydrogens (tertiary/aromatic N) is 4. The molecule has 0 aliphatic carbocycles. The van der Waals surface area contributed by atoms with Gasteiger partial charge in [-0.1, -0.05) is 64.5 Å². The molecule has 0 fully saturated rings. The number of anilines is 4. The highest BCUT2D eigenvalue weighted by Crippen LogP contribution is 2.23. The smallest absolute Gasteiger partial charge is 0.255 e. The summed E-state index contributed by atoms with van der Waals surface area (Å²) in [7, 11) is -9.65. The van der Waals surface area contributed by atoms with E-state index in [1.54, 1.807) is 36.4 Å². The fourth-order valence-corrected chi connectivity index (χ4v) is 13.4. The lowest BCUT2D eigenvalue weighted by Crippen LogP contribution is -2.29. The Balaban J connectivity index is 0.000000231. The van der Waals surface area contributed by atoms with Gasteiger partial charge in [-0.15, -0.1) is 0 Å². The Morgan fingerprint density at radius 3 is 0.938 bits per heavy atom. The Morgan fingerprint density at radius 2 is 0.635 bits per heavy atom. The SMILES string of the molecule is CN(CCO)S(=O)(=O)c1cccc(C(=O)Nc2ccc(F)cc2)c1.CN(CCO)S(=O)(=O)c1cccc(C(=O)Nc2cccc(Br)c2)c1.CN(CCO)S(=O)(=O)c1cccc(C(=O)Nc2cccc(F)c2)c1.Cc1cccc(NC(=O)c2cccc(S(=O)(=O)N(C)CCO)c2)c1. The average Bonchev–Trinajstić information content (AvgIpc) is 0.843. The highest BCUT2D eigenvalue weighted by Gasteiger charge is 2.26. The number of halogens is 3. The fourth-order valence-electron chi connectivity index (χ4n) is 8.16. The van der Waals surface area contributed by atoms with E-state index in [9.17, 15) is 61.6 Å². The van der Waals surface area contributed by atoms with Crippen LogP contribution in [0.4, 0.5) is 31.5 Å². The second kappa shape index (κ2) is 36.5. The van der Waals surface area contributed by atoms with Crippen LogP contribution in [0.3, 0.4) is 0 Å². The van der Waals surface area contributed by atoms with Crippen LogP contribution >= 0.6 is 15.9 Å². The molecule has 24 nitrogen and oxygen atoms in total. The number of carbonyl (C=O) groups excluding carboxylic acids is 4. The van der Waals surface area contributed by atoms with E-state index >= 15 is 0 Å². The molecule has 512 valence electrons. The van der Waals surface area contributed by atoms with Gasteiger partial charge in [0, 0.05) is 104 Å². The largest absolute Gasteiger partial charge is 0.395 e. The van der Waals surface area contributed by atoms with Crippen LogP contribution < -0.4 is 21.3 Å². The molecule has 0 unspecified atom stereocenters. The number of hydrogen-bond donors (Lipinski definition) is 8. The van der Waals surface area contributed by atoms with Gasteiger partial charge in [0.25, 0.3) is 23.6 Å². The molecular weight excluding hydrogens is 1390 g/mol. The molecule has 96 heavy (non-hydrogen) atoms. The van der Waals surface area contributed by atoms with Gasteiger partial charge in [0.1, 0.15) is 11.6 Å². The maximum atomic E-state index is 13.1. The molecule has 0 saturated carbocycles. The summed E-state index contributed by atoms with van der Waals surface area (Å²) in [5.74, 6) is -2.77. The molecule has 0 saturated heterocycles. The van der Waals surface area contributed by atoms with Crippen LogP contribution in [-0.4, -0.2) is 176 Å². The summed E-state index contributed by atoms with van der Waals surface area (Å²) in [6.45, 7) is 0.618. The number of aryl methyl sites for hydroxylation is 1. The Bertz CT molecular complexity index is 4130. The van der Waals surface area contributed by atoms with E-state index in [-0.39, 0.29) is 106 Å². The standard InChI is InChI=1S/C17H20N2O4S.C16H17BrN2O4S.2C16H17FN2O4S/c1-13-5-3-7-15(11-13)18-17(21)14-6-4-8-16(12-14)24(22,23)19(2)9-10-20;2*1-19(8-9-20)24(22,23)15-7-2-4-12(10-15)16(21)18-14-6-3-5-13(17)11-14;1-19(9-10-20)24(22,23)15-4-2-3-12(11-15)16(21)18-14-7-5-13(17)6-8-14/h3-8,11-12,20H,9-10H2,1-2H3,(H,18,21);2*2-7,10-11,20H,8-9H2,1H3,(H,18,21);2-8,11,20H,9-10H2,1H3,(H,18,21). The number of amides is 4. The lowest BCUT2D eigenvalue weighted by atomic mass is 10.2. The van der Waals surface area contributed by atoms with Gasteiger partial charge < -0.3 is 41.7 Å². The minimum absolute atomic E-state index is 0.000317. The zero-order valence-electron chi connectivity index (χ0n) is 52.4. The number of aliphatic hydroxyl groups excluding tert-OH is 4. The quantitative estimate of drug-likeness (QED) is 0.0289. The molecule has 0 atom stereocenters. The topological polar surface area (TPSA) is 347 Å². The molecule has 0 spiro atoms. The highest BCUT2D eigenvalue weighted by atomic mass is 79.9. The van der Waals surface area contributed by atoms with Gasteiger partial charge in [-0.05, 0) is 158 Å². The molecule has 4 amide bonds. The van der Waals surface area contributed by atoms with Crippen molar-refractivity contribution in [2.75, 3.05) is 102 Å². The molecule has 0 aliphatic heterocycles. The van der Waals surface area contributed by atoms with E-state index in [1.165, 1.54) is 156 Å². The molecule has 8 aromatic rings. The van der Waals surface area contributed by atoms with Crippen molar-refractivity contribution in [2.45, 2.75) is 26.5 Å². The zero-order valence-corrected chi connectivity index (χ0v) is 57.2. The minimum atomic E-state index is -3.80. The van der Waals surface area contributed by atoms with Crippen LogP contribution in [0.2, 0.25) is 0 Å². The maximum Gasteiger partial charge on any atom is 0.255 e. The van der Waals surface area contributed by atoms with E-state index in [4.69, 9.17) is 20.4 Å². The molecule has 31 heteroatoms. The predicted octanol–water partition coefficient (Wildman–Crippen LogP) is 7.56. The van der Waals surface area contributed by atoms with E-state index in [0.29, 0.717) is 17.1 Å². The minimum Gasteiger partial charge on any atom is -0.395 e. The van der Waals surface area contributed by atoms with Crippen LogP contribution in [0.15, 0.2) is 218 Å². The Morgan fingerprint density at radius 1 is 0.354 bits per heavy atom. The third kappa shape index (κ3) is 22.8. The van der Waals surface area contributed by atoms with Crippen molar-refractivity contribution in [3.63, 3.8) is 0 Å². The van der Waals surface area contributed by atoms with Gasteiger partial charge in [0.2, 0.25) is 40.1 Å². The second-order valence-electron chi connectivity index (χ2n) is 20.5. The number of nitrogens with one attached hydrogen (secondary N) is 4. The number of sulfonamides is 4. The summed E-state index contributed by atoms with van der Waals surface area (Å²) in [6.07, 6.45) is 0. The number of aliphatic hydroxyl groups is 4. The van der Waals surface area contributed by atoms with Gasteiger partial charge in [-0.25, -0.2) is 42.5 Å². The van der Waals surface area contributed by atoms with Gasteiger partial charge in [-0.2, -0.15) is 17.2 Å². The molecule has 0 aliphatic rings. The molecular formula is C65H71BrF2N8O16S4. The molecule has 8 aromatic carbocycles. The second-order valence-corrected chi connectivity index (χ2v) is 29.6. The highest BCUT2D eigenvalue weighted by molar-refractivity contribution is 9.10. The van der Waals surface area contributed by atoms with Crippen molar-refractivity contribution in [1.82, 2.24) is 17.2 Å². The number of hydrogen-bond acceptors (Lipinski definition) is 16. The summed E-state index contributed by atoms with van der Waals surface area (Å²) < 4.78 is 130. The Hall–Kier alpha value is -8.54. The van der Waals surface area contributed by atoms with Crippen LogP contribution in [0.1, 0.15) is 47.0 Å². The van der Waals surface area contributed by atoms with Gasteiger partial charge >= 0.3 is 0 Å². The first kappa shape index (κ1) is 78.2. The van der Waals surface area contributed by atoms with Crippen molar-refractivity contribution < 1.29 is 82.1 Å². The first-order chi connectivity index (χ1) is 45.4. The normalized spacial score (nSPS) is 11.5. The van der Waals surface area contributed by atoms with E-state index < -0.39 is 69.4 Å². The summed E-state index contributed by atoms with van der Waals surface area (Å²) >= 11 is 3.32. The van der Waals surface area contributed by atoms with Crippen molar-refractivity contribution in [3.8, 4) is 0 Å². The average molecular weight is 1470 g/mol. The molecule has 8 rings (SSSR count). The summed E-state index contributed by atoms with van der Waals surface area (Å²) in [6, 6.07) is 47.7. The van der Waals surface area contributed by atoms with Crippen molar-refractivity contribution in [1.29, 1.82) is 0 Å². The van der Waals surface area contributed by atoms with Crippen LogP contribution in [0.25, 0.3) is 0 Å². The summed E-state index contributed by atoms with van der Waals surface area (Å²) in [4.78, 5) is 49.0. The third-order valence-corrected chi connectivity index (χ3v) is 21.3. The summed E-state index contributed by atoms with van der Waals surface area (Å²) in [5.41, 5.74) is 3.66. The lowest BCUT2D eigenvalue weighted by Gasteiger charge is -2.16. The lowest BCUT2D eigenvalue weighted by molar-refractivity contribution is 0.101. The van der Waals surface area contributed by atoms with Gasteiger partial charge in [-0.3, -0.25) is 19.2 Å². The van der Waals surface area contributed by atoms with Crippen LogP contribution in [0.5, 0.6) is 0 Å². The van der Waals surface area contributed by atoms with Crippen LogP contribution in [-0.2, 0) is 40.1 Å². The van der Waals surface area contributed by atoms with Crippen LogP contribution in [0, 0.1) is 18.6 Å². The molecule has 0 bridgehead atoms.